The average molecular weight is 164 g/mol. The summed E-state index contributed by atoms with van der Waals surface area (Å²) in [7, 11) is 0. The van der Waals surface area contributed by atoms with Crippen LogP contribution in [0.1, 0.15) is 41.5 Å². The van der Waals surface area contributed by atoms with Crippen molar-refractivity contribution in [2.45, 2.75) is 41.5 Å². The monoisotopic (exact) mass is 164 g/mol. The van der Waals surface area contributed by atoms with Crippen LogP contribution >= 0.6 is 0 Å². The van der Waals surface area contributed by atoms with Crippen molar-refractivity contribution in [1.82, 2.24) is 0 Å². The second kappa shape index (κ2) is 1.81. The lowest BCUT2D eigenvalue weighted by molar-refractivity contribution is 0.364. The zero-order valence-electron chi connectivity index (χ0n) is 9.15. The standard InChI is InChI=1S/C12H20/c1-7-8(2)11(5)10(4)12(11,6)9(7)3/h8,10H,1-6H3. The minimum Gasteiger partial charge on any atom is -0.0704 e. The Kier molecular flexibility index (Phi) is 1.26. The van der Waals surface area contributed by atoms with Gasteiger partial charge in [0, 0.05) is 0 Å². The van der Waals surface area contributed by atoms with Gasteiger partial charge in [-0.1, -0.05) is 38.8 Å². The van der Waals surface area contributed by atoms with E-state index in [1.807, 2.05) is 0 Å². The molecule has 68 valence electrons. The first-order valence-corrected chi connectivity index (χ1v) is 5.06. The second-order valence-corrected chi connectivity index (χ2v) is 5.24. The third kappa shape index (κ3) is 0.496. The quantitative estimate of drug-likeness (QED) is 0.479. The van der Waals surface area contributed by atoms with E-state index in [-0.39, 0.29) is 0 Å². The second-order valence-electron chi connectivity index (χ2n) is 5.24. The van der Waals surface area contributed by atoms with Crippen LogP contribution in [0, 0.1) is 22.7 Å². The van der Waals surface area contributed by atoms with E-state index in [4.69, 9.17) is 0 Å². The van der Waals surface area contributed by atoms with E-state index in [1.54, 1.807) is 11.1 Å². The summed E-state index contributed by atoms with van der Waals surface area (Å²) < 4.78 is 0. The summed E-state index contributed by atoms with van der Waals surface area (Å²) in [4.78, 5) is 0. The largest absolute Gasteiger partial charge is 0.0704 e. The van der Waals surface area contributed by atoms with Gasteiger partial charge >= 0.3 is 0 Å². The minimum absolute atomic E-state index is 0.538. The average Bonchev–Trinajstić information content (AvgIpc) is 2.45. The predicted molar refractivity (Wildman–Crippen MR) is 52.9 cm³/mol. The third-order valence-corrected chi connectivity index (χ3v) is 5.72. The van der Waals surface area contributed by atoms with Crippen LogP contribution in [-0.2, 0) is 0 Å². The first-order chi connectivity index (χ1) is 5.38. The van der Waals surface area contributed by atoms with Crippen molar-refractivity contribution in [3.8, 4) is 0 Å². The van der Waals surface area contributed by atoms with Gasteiger partial charge in [0.05, 0.1) is 0 Å². The normalized spacial score (nSPS) is 57.5. The first kappa shape index (κ1) is 8.34. The molecule has 0 aromatic rings. The molecule has 4 unspecified atom stereocenters. The molecule has 2 aliphatic carbocycles. The molecule has 0 amide bonds. The van der Waals surface area contributed by atoms with E-state index in [0.29, 0.717) is 10.8 Å². The van der Waals surface area contributed by atoms with Crippen LogP contribution in [-0.4, -0.2) is 0 Å². The SMILES string of the molecule is CC1=C(C)C2(C)C(C)C2(C)C1C. The van der Waals surface area contributed by atoms with Crippen LogP contribution in [0.5, 0.6) is 0 Å². The molecule has 1 fully saturated rings. The van der Waals surface area contributed by atoms with Gasteiger partial charge in [0.1, 0.15) is 0 Å². The Bertz CT molecular complexity index is 274. The first-order valence-electron chi connectivity index (χ1n) is 5.06. The molecule has 0 aromatic heterocycles. The molecule has 2 rings (SSSR count). The lowest BCUT2D eigenvalue weighted by Gasteiger charge is -2.17. The Balaban J connectivity index is 2.52. The highest BCUT2D eigenvalue weighted by Gasteiger charge is 2.74. The molecule has 2 aliphatic rings. The topological polar surface area (TPSA) is 0 Å². The Morgan fingerprint density at radius 1 is 1.08 bits per heavy atom. The molecule has 0 heterocycles. The van der Waals surface area contributed by atoms with E-state index in [0.717, 1.165) is 11.8 Å². The molecule has 12 heavy (non-hydrogen) atoms. The Hall–Kier alpha value is -0.260. The maximum atomic E-state index is 2.46. The van der Waals surface area contributed by atoms with Crippen LogP contribution in [0.15, 0.2) is 11.1 Å². The van der Waals surface area contributed by atoms with Crippen molar-refractivity contribution in [3.63, 3.8) is 0 Å². The summed E-state index contributed by atoms with van der Waals surface area (Å²) in [5.74, 6) is 1.70. The summed E-state index contributed by atoms with van der Waals surface area (Å²) in [5, 5.41) is 0. The molecule has 0 spiro atoms. The fourth-order valence-electron chi connectivity index (χ4n) is 3.83. The molecular weight excluding hydrogens is 144 g/mol. The van der Waals surface area contributed by atoms with Gasteiger partial charge in [0.25, 0.3) is 0 Å². The molecule has 1 saturated carbocycles. The fourth-order valence-corrected chi connectivity index (χ4v) is 3.83. The summed E-state index contributed by atoms with van der Waals surface area (Å²) in [6.45, 7) is 14.4. The van der Waals surface area contributed by atoms with Crippen molar-refractivity contribution < 1.29 is 0 Å². The van der Waals surface area contributed by atoms with E-state index < -0.39 is 0 Å². The van der Waals surface area contributed by atoms with Crippen LogP contribution in [0.4, 0.5) is 0 Å². The smallest absolute Gasteiger partial charge is 0.00229 e. The van der Waals surface area contributed by atoms with Gasteiger partial charge in [-0.05, 0) is 36.5 Å². The summed E-state index contributed by atoms with van der Waals surface area (Å²) in [6.07, 6.45) is 0. The summed E-state index contributed by atoms with van der Waals surface area (Å²) >= 11 is 0. The van der Waals surface area contributed by atoms with E-state index in [1.165, 1.54) is 0 Å². The van der Waals surface area contributed by atoms with Crippen LogP contribution in [0.3, 0.4) is 0 Å². The number of hydrogen-bond acceptors (Lipinski definition) is 0. The zero-order chi connectivity index (χ0) is 9.31. The highest BCUT2D eigenvalue weighted by atomic mass is 14.8. The minimum atomic E-state index is 0.538. The number of rotatable bonds is 0. The lowest BCUT2D eigenvalue weighted by Crippen LogP contribution is -2.10. The number of allylic oxidation sites excluding steroid dienone is 2. The Morgan fingerprint density at radius 3 is 1.83 bits per heavy atom. The third-order valence-electron chi connectivity index (χ3n) is 5.72. The van der Waals surface area contributed by atoms with Gasteiger partial charge < -0.3 is 0 Å². The molecule has 0 bridgehead atoms. The maximum absolute atomic E-state index is 2.46. The Labute approximate surface area is 76.1 Å². The molecule has 0 nitrogen and oxygen atoms in total. The lowest BCUT2D eigenvalue weighted by atomic mass is 9.87. The molecule has 0 N–H and O–H groups in total. The number of hydrogen-bond donors (Lipinski definition) is 0. The van der Waals surface area contributed by atoms with Crippen molar-refractivity contribution in [1.29, 1.82) is 0 Å². The van der Waals surface area contributed by atoms with E-state index in [9.17, 15) is 0 Å². The van der Waals surface area contributed by atoms with Crippen molar-refractivity contribution in [3.05, 3.63) is 11.1 Å². The molecule has 0 radical (unpaired) electrons. The zero-order valence-corrected chi connectivity index (χ0v) is 9.15. The van der Waals surface area contributed by atoms with Gasteiger partial charge in [-0.15, -0.1) is 0 Å². The molecule has 0 saturated heterocycles. The van der Waals surface area contributed by atoms with Gasteiger partial charge in [0.15, 0.2) is 0 Å². The maximum Gasteiger partial charge on any atom is -0.00229 e. The summed E-state index contributed by atoms with van der Waals surface area (Å²) in [5.41, 5.74) is 4.44. The Morgan fingerprint density at radius 2 is 1.58 bits per heavy atom. The van der Waals surface area contributed by atoms with Gasteiger partial charge in [-0.2, -0.15) is 0 Å². The van der Waals surface area contributed by atoms with Crippen LogP contribution in [0.25, 0.3) is 0 Å². The van der Waals surface area contributed by atoms with Gasteiger partial charge in [0.2, 0.25) is 0 Å². The molecule has 4 atom stereocenters. The van der Waals surface area contributed by atoms with Crippen molar-refractivity contribution in [2.75, 3.05) is 0 Å². The van der Waals surface area contributed by atoms with E-state index >= 15 is 0 Å². The highest BCUT2D eigenvalue weighted by Crippen LogP contribution is 2.80. The van der Waals surface area contributed by atoms with Crippen molar-refractivity contribution >= 4 is 0 Å². The molecule has 0 aliphatic heterocycles. The van der Waals surface area contributed by atoms with Crippen LogP contribution < -0.4 is 0 Å². The highest BCUT2D eigenvalue weighted by molar-refractivity contribution is 5.44. The number of fused-ring (bicyclic) bond motifs is 1. The van der Waals surface area contributed by atoms with Gasteiger partial charge in [-0.25, -0.2) is 0 Å². The van der Waals surface area contributed by atoms with Gasteiger partial charge in [-0.3, -0.25) is 0 Å². The van der Waals surface area contributed by atoms with E-state index in [2.05, 4.69) is 41.5 Å². The van der Waals surface area contributed by atoms with Crippen LogP contribution in [0.2, 0.25) is 0 Å². The molecule has 0 aromatic carbocycles. The summed E-state index contributed by atoms with van der Waals surface area (Å²) in [6, 6.07) is 0. The molecule has 0 heteroatoms. The molecular formula is C12H20. The van der Waals surface area contributed by atoms with Crippen molar-refractivity contribution in [2.24, 2.45) is 22.7 Å². The predicted octanol–water partition coefficient (Wildman–Crippen LogP) is 3.63. The fraction of sp³-hybridized carbons (Fsp3) is 0.833.